The minimum atomic E-state index is -0.981. The average molecular weight is 482 g/mol. The topological polar surface area (TPSA) is 87.1 Å². The van der Waals surface area contributed by atoms with Gasteiger partial charge in [-0.15, -0.1) is 0 Å². The van der Waals surface area contributed by atoms with E-state index in [0.29, 0.717) is 22.4 Å². The summed E-state index contributed by atoms with van der Waals surface area (Å²) in [6, 6.07) is 13.8. The SMILES string of the molecule is COc1ccc(/C(O)=C2/C(=O)C(=O)N(Cc3ccc(F)cc3)C2c2ccc(O)c(Cl)c2)cc1C. The molecule has 34 heavy (non-hydrogen) atoms. The lowest BCUT2D eigenvalue weighted by atomic mass is 9.94. The molecule has 0 saturated carbocycles. The summed E-state index contributed by atoms with van der Waals surface area (Å²) < 4.78 is 18.6. The monoisotopic (exact) mass is 481 g/mol. The molecule has 1 aliphatic rings. The van der Waals surface area contributed by atoms with Crippen molar-refractivity contribution in [1.29, 1.82) is 0 Å². The Labute approximate surface area is 200 Å². The van der Waals surface area contributed by atoms with Crippen molar-refractivity contribution >= 4 is 29.1 Å². The van der Waals surface area contributed by atoms with Crippen LogP contribution >= 0.6 is 11.6 Å². The maximum atomic E-state index is 13.4. The number of likely N-dealkylation sites (tertiary alicyclic amines) is 1. The van der Waals surface area contributed by atoms with E-state index in [0.717, 1.165) is 5.56 Å². The third kappa shape index (κ3) is 4.22. The van der Waals surface area contributed by atoms with Crippen LogP contribution in [0.2, 0.25) is 5.02 Å². The van der Waals surface area contributed by atoms with E-state index >= 15 is 0 Å². The number of ketones is 1. The molecule has 1 heterocycles. The molecular formula is C26H21ClFNO5. The Morgan fingerprint density at radius 1 is 1.09 bits per heavy atom. The van der Waals surface area contributed by atoms with Crippen molar-refractivity contribution in [3.8, 4) is 11.5 Å². The van der Waals surface area contributed by atoms with Crippen LogP contribution in [0.3, 0.4) is 0 Å². The Kier molecular flexibility index (Phi) is 6.30. The normalized spacial score (nSPS) is 17.3. The number of phenolic OH excluding ortho intramolecular Hbond substituents is 1. The number of phenols is 1. The molecule has 1 amide bonds. The first-order valence-electron chi connectivity index (χ1n) is 10.4. The van der Waals surface area contributed by atoms with Crippen LogP contribution in [-0.2, 0) is 16.1 Å². The second-order valence-electron chi connectivity index (χ2n) is 7.95. The number of hydrogen-bond acceptors (Lipinski definition) is 5. The largest absolute Gasteiger partial charge is 0.507 e. The number of aliphatic hydroxyl groups is 1. The number of methoxy groups -OCH3 is 1. The first kappa shape index (κ1) is 23.3. The van der Waals surface area contributed by atoms with E-state index in [4.69, 9.17) is 16.3 Å². The van der Waals surface area contributed by atoms with Gasteiger partial charge in [-0.3, -0.25) is 9.59 Å². The highest BCUT2D eigenvalue weighted by molar-refractivity contribution is 6.46. The van der Waals surface area contributed by atoms with Gasteiger partial charge in [0.25, 0.3) is 11.7 Å². The Bertz CT molecular complexity index is 1320. The maximum absolute atomic E-state index is 13.4. The van der Waals surface area contributed by atoms with E-state index in [2.05, 4.69) is 0 Å². The molecule has 0 aromatic heterocycles. The van der Waals surface area contributed by atoms with Gasteiger partial charge in [0.15, 0.2) is 0 Å². The highest BCUT2D eigenvalue weighted by Crippen LogP contribution is 2.42. The summed E-state index contributed by atoms with van der Waals surface area (Å²) in [5.41, 5.74) is 1.98. The van der Waals surface area contributed by atoms with Crippen LogP contribution in [0.25, 0.3) is 5.76 Å². The molecule has 6 nitrogen and oxygen atoms in total. The number of aryl methyl sites for hydroxylation is 1. The first-order valence-corrected chi connectivity index (χ1v) is 10.8. The van der Waals surface area contributed by atoms with Gasteiger partial charge in [-0.05, 0) is 66.1 Å². The number of amides is 1. The smallest absolute Gasteiger partial charge is 0.295 e. The number of aromatic hydroxyl groups is 1. The second kappa shape index (κ2) is 9.19. The van der Waals surface area contributed by atoms with Crippen LogP contribution < -0.4 is 4.74 Å². The molecule has 0 aliphatic carbocycles. The first-order chi connectivity index (χ1) is 16.2. The maximum Gasteiger partial charge on any atom is 0.295 e. The quantitative estimate of drug-likeness (QED) is 0.300. The molecule has 2 N–H and O–H groups in total. The van der Waals surface area contributed by atoms with Crippen LogP contribution in [0.4, 0.5) is 4.39 Å². The standard InChI is InChI=1S/C26H21ClFNO5/c1-14-11-17(6-10-21(14)34-2)24(31)22-23(16-5-9-20(30)19(27)12-16)29(26(33)25(22)32)13-15-3-7-18(28)8-4-15/h3-12,23,30-31H,13H2,1-2H3/b24-22-. The van der Waals surface area contributed by atoms with Crippen LogP contribution in [0.15, 0.2) is 66.2 Å². The van der Waals surface area contributed by atoms with Crippen molar-refractivity contribution in [2.45, 2.75) is 19.5 Å². The van der Waals surface area contributed by atoms with Gasteiger partial charge in [0.1, 0.15) is 23.1 Å². The van der Waals surface area contributed by atoms with Crippen molar-refractivity contribution in [3.05, 3.63) is 99.3 Å². The third-order valence-corrected chi connectivity index (χ3v) is 6.06. The molecule has 0 radical (unpaired) electrons. The highest BCUT2D eigenvalue weighted by atomic mass is 35.5. The van der Waals surface area contributed by atoms with E-state index < -0.39 is 23.5 Å². The lowest BCUT2D eigenvalue weighted by Gasteiger charge is -2.25. The number of rotatable bonds is 5. The van der Waals surface area contributed by atoms with Crippen LogP contribution in [0, 0.1) is 12.7 Å². The molecule has 8 heteroatoms. The Morgan fingerprint density at radius 3 is 2.41 bits per heavy atom. The van der Waals surface area contributed by atoms with Crippen molar-refractivity contribution < 1.29 is 28.9 Å². The minimum Gasteiger partial charge on any atom is -0.507 e. The summed E-state index contributed by atoms with van der Waals surface area (Å²) in [4.78, 5) is 27.5. The molecule has 3 aromatic carbocycles. The number of hydrogen-bond donors (Lipinski definition) is 2. The predicted octanol–water partition coefficient (Wildman–Crippen LogP) is 5.12. The fourth-order valence-corrected chi connectivity index (χ4v) is 4.24. The molecule has 4 rings (SSSR count). The highest BCUT2D eigenvalue weighted by Gasteiger charge is 2.46. The summed E-state index contributed by atoms with van der Waals surface area (Å²) >= 11 is 6.12. The van der Waals surface area contributed by atoms with Gasteiger partial charge >= 0.3 is 0 Å². The molecule has 1 aliphatic heterocycles. The van der Waals surface area contributed by atoms with Gasteiger partial charge in [-0.2, -0.15) is 0 Å². The number of carbonyl (C=O) groups excluding carboxylic acids is 2. The van der Waals surface area contributed by atoms with Crippen molar-refractivity contribution in [3.63, 3.8) is 0 Å². The average Bonchev–Trinajstić information content (AvgIpc) is 3.06. The predicted molar refractivity (Wildman–Crippen MR) is 125 cm³/mol. The summed E-state index contributed by atoms with van der Waals surface area (Å²) in [7, 11) is 1.53. The molecule has 1 fully saturated rings. The van der Waals surface area contributed by atoms with Crippen molar-refractivity contribution in [2.24, 2.45) is 0 Å². The van der Waals surface area contributed by atoms with Crippen molar-refractivity contribution in [2.75, 3.05) is 7.11 Å². The van der Waals surface area contributed by atoms with Gasteiger partial charge < -0.3 is 19.8 Å². The zero-order chi connectivity index (χ0) is 24.6. The zero-order valence-electron chi connectivity index (χ0n) is 18.4. The van der Waals surface area contributed by atoms with Crippen molar-refractivity contribution in [1.82, 2.24) is 4.90 Å². The van der Waals surface area contributed by atoms with Crippen LogP contribution in [0.1, 0.15) is 28.3 Å². The zero-order valence-corrected chi connectivity index (χ0v) is 19.1. The number of nitrogens with zero attached hydrogens (tertiary/aromatic N) is 1. The van der Waals surface area contributed by atoms with Gasteiger partial charge in [0.05, 0.1) is 23.7 Å². The fraction of sp³-hybridized carbons (Fsp3) is 0.154. The van der Waals surface area contributed by atoms with E-state index in [1.54, 1.807) is 25.1 Å². The molecule has 1 atom stereocenters. The molecule has 0 bridgehead atoms. The van der Waals surface area contributed by atoms with E-state index in [-0.39, 0.29) is 28.6 Å². The molecule has 3 aromatic rings. The molecular weight excluding hydrogens is 461 g/mol. The van der Waals surface area contributed by atoms with Gasteiger partial charge in [0, 0.05) is 12.1 Å². The molecule has 1 saturated heterocycles. The van der Waals surface area contributed by atoms with Crippen LogP contribution in [-0.4, -0.2) is 33.9 Å². The second-order valence-corrected chi connectivity index (χ2v) is 8.36. The summed E-state index contributed by atoms with van der Waals surface area (Å²) in [5, 5.41) is 21.1. The Hall–Kier alpha value is -3.84. The number of carbonyl (C=O) groups is 2. The molecule has 174 valence electrons. The Morgan fingerprint density at radius 2 is 1.79 bits per heavy atom. The van der Waals surface area contributed by atoms with E-state index in [1.165, 1.54) is 54.5 Å². The summed E-state index contributed by atoms with van der Waals surface area (Å²) in [5.74, 6) is -2.00. The lowest BCUT2D eigenvalue weighted by molar-refractivity contribution is -0.140. The number of benzene rings is 3. The van der Waals surface area contributed by atoms with E-state index in [1.807, 2.05) is 0 Å². The third-order valence-electron chi connectivity index (χ3n) is 5.76. The number of ether oxygens (including phenoxy) is 1. The molecule has 0 spiro atoms. The van der Waals surface area contributed by atoms with Gasteiger partial charge in [0.2, 0.25) is 0 Å². The lowest BCUT2D eigenvalue weighted by Crippen LogP contribution is -2.29. The number of aliphatic hydroxyl groups excluding tert-OH is 1. The Balaban J connectivity index is 1.87. The summed E-state index contributed by atoms with van der Waals surface area (Å²) in [6.45, 7) is 1.78. The van der Waals surface area contributed by atoms with Gasteiger partial charge in [-0.25, -0.2) is 4.39 Å². The van der Waals surface area contributed by atoms with E-state index in [9.17, 15) is 24.2 Å². The van der Waals surface area contributed by atoms with Crippen LogP contribution in [0.5, 0.6) is 11.5 Å². The van der Waals surface area contributed by atoms with Gasteiger partial charge in [-0.1, -0.05) is 29.8 Å². The fourth-order valence-electron chi connectivity index (χ4n) is 4.05. The summed E-state index contributed by atoms with van der Waals surface area (Å²) in [6.07, 6.45) is 0. The molecule has 1 unspecified atom stereocenters. The number of halogens is 2. The minimum absolute atomic E-state index is 0.00750. The number of Topliss-reactive ketones (excluding diaryl/α,β-unsaturated/α-hetero) is 1.